The van der Waals surface area contributed by atoms with Crippen LogP contribution in [0.2, 0.25) is 0 Å². The zero-order valence-electron chi connectivity index (χ0n) is 11.0. The predicted octanol–water partition coefficient (Wildman–Crippen LogP) is 3.06. The standard InChI is InChI=1S/C15H22BrNO/c1-2-14(7-8-18)17-15-6-4-11-9-13(16)5-3-12(11)10-15/h3,5,9,14-15,17-18H,2,4,6-8,10H2,1H3. The molecule has 0 radical (unpaired) electrons. The van der Waals surface area contributed by atoms with Crippen LogP contribution in [0.1, 0.15) is 37.3 Å². The summed E-state index contributed by atoms with van der Waals surface area (Å²) in [5, 5.41) is 12.7. The minimum atomic E-state index is 0.280. The molecule has 2 atom stereocenters. The van der Waals surface area contributed by atoms with Gasteiger partial charge in [0.15, 0.2) is 0 Å². The van der Waals surface area contributed by atoms with Gasteiger partial charge in [0, 0.05) is 23.2 Å². The Morgan fingerprint density at radius 2 is 2.28 bits per heavy atom. The third-order valence-electron chi connectivity index (χ3n) is 3.84. The smallest absolute Gasteiger partial charge is 0.0445 e. The molecule has 0 aromatic heterocycles. The van der Waals surface area contributed by atoms with Gasteiger partial charge in [-0.1, -0.05) is 28.9 Å². The van der Waals surface area contributed by atoms with Gasteiger partial charge < -0.3 is 10.4 Å². The molecule has 0 heterocycles. The number of hydrogen-bond donors (Lipinski definition) is 2. The maximum absolute atomic E-state index is 9.04. The molecule has 100 valence electrons. The third-order valence-corrected chi connectivity index (χ3v) is 4.33. The highest BCUT2D eigenvalue weighted by Gasteiger charge is 2.20. The molecule has 2 nitrogen and oxygen atoms in total. The van der Waals surface area contributed by atoms with Crippen LogP contribution >= 0.6 is 15.9 Å². The van der Waals surface area contributed by atoms with Crippen molar-refractivity contribution in [3.8, 4) is 0 Å². The number of halogens is 1. The van der Waals surface area contributed by atoms with E-state index >= 15 is 0 Å². The lowest BCUT2D eigenvalue weighted by atomic mass is 9.88. The average molecular weight is 312 g/mol. The van der Waals surface area contributed by atoms with Crippen LogP contribution in [0.4, 0.5) is 0 Å². The third kappa shape index (κ3) is 3.56. The first-order chi connectivity index (χ1) is 8.72. The number of nitrogens with one attached hydrogen (secondary N) is 1. The van der Waals surface area contributed by atoms with Crippen molar-refractivity contribution in [3.63, 3.8) is 0 Å². The van der Waals surface area contributed by atoms with Gasteiger partial charge in [0.2, 0.25) is 0 Å². The monoisotopic (exact) mass is 311 g/mol. The van der Waals surface area contributed by atoms with Gasteiger partial charge in [0.1, 0.15) is 0 Å². The Hall–Kier alpha value is -0.380. The molecule has 2 unspecified atom stereocenters. The van der Waals surface area contributed by atoms with Gasteiger partial charge in [0.25, 0.3) is 0 Å². The van der Waals surface area contributed by atoms with E-state index in [2.05, 4.69) is 46.4 Å². The molecule has 2 N–H and O–H groups in total. The van der Waals surface area contributed by atoms with Crippen LogP contribution in [0, 0.1) is 0 Å². The second kappa shape index (κ2) is 6.69. The van der Waals surface area contributed by atoms with Crippen molar-refractivity contribution in [3.05, 3.63) is 33.8 Å². The molecule has 1 aromatic rings. The van der Waals surface area contributed by atoms with Crippen molar-refractivity contribution in [1.82, 2.24) is 5.32 Å². The van der Waals surface area contributed by atoms with Crippen molar-refractivity contribution in [2.45, 2.75) is 51.1 Å². The first kappa shape index (κ1) is 14.0. The van der Waals surface area contributed by atoms with E-state index in [4.69, 9.17) is 5.11 Å². The summed E-state index contributed by atoms with van der Waals surface area (Å²) < 4.78 is 1.18. The van der Waals surface area contributed by atoms with Crippen LogP contribution in [0.15, 0.2) is 22.7 Å². The summed E-state index contributed by atoms with van der Waals surface area (Å²) in [5.74, 6) is 0. The average Bonchev–Trinajstić information content (AvgIpc) is 2.38. The maximum atomic E-state index is 9.04. The molecule has 18 heavy (non-hydrogen) atoms. The first-order valence-corrected chi connectivity index (χ1v) is 7.66. The lowest BCUT2D eigenvalue weighted by Gasteiger charge is -2.29. The second-order valence-electron chi connectivity index (χ2n) is 5.14. The molecule has 0 amide bonds. The zero-order valence-corrected chi connectivity index (χ0v) is 12.5. The van der Waals surface area contributed by atoms with Gasteiger partial charge in [-0.3, -0.25) is 0 Å². The van der Waals surface area contributed by atoms with Crippen molar-refractivity contribution in [2.24, 2.45) is 0 Å². The van der Waals surface area contributed by atoms with E-state index in [1.807, 2.05) is 0 Å². The van der Waals surface area contributed by atoms with Crippen molar-refractivity contribution >= 4 is 15.9 Å². The zero-order chi connectivity index (χ0) is 13.0. The molecule has 0 spiro atoms. The van der Waals surface area contributed by atoms with E-state index in [9.17, 15) is 0 Å². The number of benzene rings is 1. The molecular formula is C15H22BrNO. The normalized spacial score (nSPS) is 20.5. The molecule has 1 aliphatic rings. The molecule has 2 rings (SSSR count). The maximum Gasteiger partial charge on any atom is 0.0445 e. The minimum absolute atomic E-state index is 0.280. The molecule has 0 bridgehead atoms. The Balaban J connectivity index is 1.97. The van der Waals surface area contributed by atoms with E-state index in [-0.39, 0.29) is 6.61 Å². The number of aliphatic hydroxyl groups excluding tert-OH is 1. The first-order valence-electron chi connectivity index (χ1n) is 6.87. The van der Waals surface area contributed by atoms with E-state index in [1.54, 1.807) is 0 Å². The molecule has 0 saturated heterocycles. The predicted molar refractivity (Wildman–Crippen MR) is 78.9 cm³/mol. The molecule has 0 fully saturated rings. The fourth-order valence-corrected chi connectivity index (χ4v) is 3.17. The highest BCUT2D eigenvalue weighted by Crippen LogP contribution is 2.25. The van der Waals surface area contributed by atoms with Crippen LogP contribution in [-0.2, 0) is 12.8 Å². The summed E-state index contributed by atoms with van der Waals surface area (Å²) in [5.41, 5.74) is 2.96. The van der Waals surface area contributed by atoms with Gasteiger partial charge >= 0.3 is 0 Å². The van der Waals surface area contributed by atoms with Crippen LogP contribution in [0.5, 0.6) is 0 Å². The number of fused-ring (bicyclic) bond motifs is 1. The summed E-state index contributed by atoms with van der Waals surface area (Å²) in [6.45, 7) is 2.46. The summed E-state index contributed by atoms with van der Waals surface area (Å²) in [6, 6.07) is 7.63. The Labute approximate surface area is 118 Å². The fraction of sp³-hybridized carbons (Fsp3) is 0.600. The fourth-order valence-electron chi connectivity index (χ4n) is 2.76. The van der Waals surface area contributed by atoms with E-state index in [0.29, 0.717) is 12.1 Å². The van der Waals surface area contributed by atoms with Crippen LogP contribution in [0.25, 0.3) is 0 Å². The lowest BCUT2D eigenvalue weighted by molar-refractivity contribution is 0.252. The number of aryl methyl sites for hydroxylation is 1. The SMILES string of the molecule is CCC(CCO)NC1CCc2cc(Br)ccc2C1. The molecule has 1 aliphatic carbocycles. The van der Waals surface area contributed by atoms with Gasteiger partial charge in [-0.15, -0.1) is 0 Å². The van der Waals surface area contributed by atoms with E-state index < -0.39 is 0 Å². The number of rotatable bonds is 5. The molecule has 3 heteroatoms. The topological polar surface area (TPSA) is 32.3 Å². The summed E-state index contributed by atoms with van der Waals surface area (Å²) in [6.07, 6.45) is 5.42. The van der Waals surface area contributed by atoms with Crippen molar-refractivity contribution in [1.29, 1.82) is 0 Å². The Kier molecular flexibility index (Phi) is 5.22. The summed E-state index contributed by atoms with van der Waals surface area (Å²) in [4.78, 5) is 0. The van der Waals surface area contributed by atoms with E-state index in [1.165, 1.54) is 22.0 Å². The van der Waals surface area contributed by atoms with Gasteiger partial charge in [-0.2, -0.15) is 0 Å². The number of aliphatic hydroxyl groups is 1. The molecule has 0 aliphatic heterocycles. The lowest BCUT2D eigenvalue weighted by Crippen LogP contribution is -2.41. The second-order valence-corrected chi connectivity index (χ2v) is 6.05. The van der Waals surface area contributed by atoms with Gasteiger partial charge in [0.05, 0.1) is 0 Å². The molecule has 0 saturated carbocycles. The van der Waals surface area contributed by atoms with Crippen LogP contribution < -0.4 is 5.32 Å². The largest absolute Gasteiger partial charge is 0.396 e. The molecule has 1 aromatic carbocycles. The minimum Gasteiger partial charge on any atom is -0.396 e. The highest BCUT2D eigenvalue weighted by molar-refractivity contribution is 9.10. The Bertz CT molecular complexity index is 394. The van der Waals surface area contributed by atoms with Crippen LogP contribution in [0.3, 0.4) is 0 Å². The highest BCUT2D eigenvalue weighted by atomic mass is 79.9. The molecular weight excluding hydrogens is 290 g/mol. The Morgan fingerprint density at radius 3 is 3.00 bits per heavy atom. The number of hydrogen-bond acceptors (Lipinski definition) is 2. The van der Waals surface area contributed by atoms with Gasteiger partial charge in [-0.05, 0) is 55.4 Å². The quantitative estimate of drug-likeness (QED) is 0.876. The van der Waals surface area contributed by atoms with E-state index in [0.717, 1.165) is 25.7 Å². The van der Waals surface area contributed by atoms with Crippen molar-refractivity contribution in [2.75, 3.05) is 6.61 Å². The van der Waals surface area contributed by atoms with Crippen LogP contribution in [-0.4, -0.2) is 23.8 Å². The summed E-state index contributed by atoms with van der Waals surface area (Å²) in [7, 11) is 0. The van der Waals surface area contributed by atoms with Crippen molar-refractivity contribution < 1.29 is 5.11 Å². The van der Waals surface area contributed by atoms with Gasteiger partial charge in [-0.25, -0.2) is 0 Å². The summed E-state index contributed by atoms with van der Waals surface area (Å²) >= 11 is 3.53. The Morgan fingerprint density at radius 1 is 1.44 bits per heavy atom.